The minimum Gasteiger partial charge on any atom is -0.322 e. The van der Waals surface area contributed by atoms with Gasteiger partial charge in [0, 0.05) is 16.9 Å². The highest BCUT2D eigenvalue weighted by Gasteiger charge is 2.30. The molecule has 0 aliphatic carbocycles. The summed E-state index contributed by atoms with van der Waals surface area (Å²) < 4.78 is 66.5. The molecule has 0 fully saturated rings. The minimum atomic E-state index is -4.48. The molecule has 0 aliphatic rings. The molecule has 2 N–H and O–H groups in total. The van der Waals surface area contributed by atoms with Gasteiger partial charge in [0.2, 0.25) is 0 Å². The lowest BCUT2D eigenvalue weighted by Gasteiger charge is -2.13. The monoisotopic (exact) mass is 462 g/mol. The molecule has 0 radical (unpaired) electrons. The Labute approximate surface area is 184 Å². The van der Waals surface area contributed by atoms with E-state index in [0.717, 1.165) is 35.4 Å². The molecule has 0 heterocycles. The van der Waals surface area contributed by atoms with E-state index in [2.05, 4.69) is 10.0 Å². The summed E-state index contributed by atoms with van der Waals surface area (Å²) in [5.74, 6) is -0.646. The minimum absolute atomic E-state index is 0.0521. The van der Waals surface area contributed by atoms with Crippen LogP contribution in [0.5, 0.6) is 0 Å². The fourth-order valence-corrected chi connectivity index (χ4v) is 4.53. The van der Waals surface area contributed by atoms with Gasteiger partial charge in [0.1, 0.15) is 0 Å². The molecular weight excluding hydrogens is 441 g/mol. The maximum atomic E-state index is 13.0. The van der Waals surface area contributed by atoms with E-state index < -0.39 is 27.7 Å². The number of sulfonamides is 1. The number of hydrogen-bond acceptors (Lipinski definition) is 3. The summed E-state index contributed by atoms with van der Waals surface area (Å²) in [7, 11) is -3.98. The zero-order chi connectivity index (χ0) is 23.7. The number of anilines is 2. The van der Waals surface area contributed by atoms with Crippen molar-refractivity contribution in [1.29, 1.82) is 0 Å². The van der Waals surface area contributed by atoms with Gasteiger partial charge in [-0.25, -0.2) is 8.42 Å². The summed E-state index contributed by atoms with van der Waals surface area (Å²) in [5.41, 5.74) is 2.00. The van der Waals surface area contributed by atoms with Crippen LogP contribution in [-0.2, 0) is 16.2 Å². The molecule has 3 aromatic carbocycles. The van der Waals surface area contributed by atoms with Crippen LogP contribution in [0, 0.1) is 20.8 Å². The zero-order valence-electron chi connectivity index (χ0n) is 17.5. The Morgan fingerprint density at radius 3 is 1.97 bits per heavy atom. The fraction of sp³-hybridized carbons (Fsp3) is 0.174. The Morgan fingerprint density at radius 1 is 0.812 bits per heavy atom. The first-order chi connectivity index (χ1) is 14.8. The summed E-state index contributed by atoms with van der Waals surface area (Å²) in [6, 6.07) is 13.5. The molecule has 1 amide bonds. The number of aryl methyl sites for hydroxylation is 3. The average molecular weight is 462 g/mol. The SMILES string of the molecule is Cc1cc(C)cc(NS(=O)(=O)c2cc(C(=O)Nc3ccc(C(F)(F)F)cc3)ccc2C)c1. The second kappa shape index (κ2) is 8.66. The summed E-state index contributed by atoms with van der Waals surface area (Å²) >= 11 is 0. The Bertz CT molecular complexity index is 1250. The van der Waals surface area contributed by atoms with Crippen molar-refractivity contribution in [2.24, 2.45) is 0 Å². The first-order valence-electron chi connectivity index (χ1n) is 9.55. The second-order valence-corrected chi connectivity index (χ2v) is 9.14. The number of rotatable bonds is 5. The van der Waals surface area contributed by atoms with Gasteiger partial charge in [0.15, 0.2) is 0 Å². The van der Waals surface area contributed by atoms with Gasteiger partial charge < -0.3 is 5.32 Å². The van der Waals surface area contributed by atoms with E-state index in [4.69, 9.17) is 0 Å². The highest BCUT2D eigenvalue weighted by atomic mass is 32.2. The number of amides is 1. The van der Waals surface area contributed by atoms with Crippen LogP contribution in [0.4, 0.5) is 24.5 Å². The number of hydrogen-bond donors (Lipinski definition) is 2. The highest BCUT2D eigenvalue weighted by Crippen LogP contribution is 2.30. The summed E-state index contributed by atoms with van der Waals surface area (Å²) in [5, 5.41) is 2.48. The van der Waals surface area contributed by atoms with Gasteiger partial charge >= 0.3 is 6.18 Å². The van der Waals surface area contributed by atoms with Crippen molar-refractivity contribution >= 4 is 27.3 Å². The van der Waals surface area contributed by atoms with Gasteiger partial charge in [-0.1, -0.05) is 12.1 Å². The third-order valence-corrected chi connectivity index (χ3v) is 6.21. The van der Waals surface area contributed by atoms with E-state index in [1.54, 1.807) is 19.1 Å². The number of alkyl halides is 3. The first kappa shape index (κ1) is 23.3. The molecule has 0 aromatic heterocycles. The van der Waals surface area contributed by atoms with E-state index in [9.17, 15) is 26.4 Å². The van der Waals surface area contributed by atoms with E-state index in [1.165, 1.54) is 18.2 Å². The quantitative estimate of drug-likeness (QED) is 0.512. The van der Waals surface area contributed by atoms with Crippen LogP contribution in [0.2, 0.25) is 0 Å². The van der Waals surface area contributed by atoms with E-state index >= 15 is 0 Å². The molecule has 0 saturated carbocycles. The molecule has 0 unspecified atom stereocenters. The number of halogens is 3. The second-order valence-electron chi connectivity index (χ2n) is 7.49. The highest BCUT2D eigenvalue weighted by molar-refractivity contribution is 7.92. The Morgan fingerprint density at radius 2 is 1.41 bits per heavy atom. The van der Waals surface area contributed by atoms with Crippen molar-refractivity contribution < 1.29 is 26.4 Å². The van der Waals surface area contributed by atoms with Gasteiger partial charge in [-0.2, -0.15) is 13.2 Å². The van der Waals surface area contributed by atoms with Crippen molar-refractivity contribution in [2.75, 3.05) is 10.0 Å². The lowest BCUT2D eigenvalue weighted by molar-refractivity contribution is -0.137. The molecule has 0 spiro atoms. The molecule has 0 bridgehead atoms. The van der Waals surface area contributed by atoms with Crippen LogP contribution >= 0.6 is 0 Å². The number of benzene rings is 3. The molecular formula is C23H21F3N2O3S. The smallest absolute Gasteiger partial charge is 0.322 e. The van der Waals surface area contributed by atoms with E-state index in [-0.39, 0.29) is 16.1 Å². The van der Waals surface area contributed by atoms with Crippen LogP contribution in [0.3, 0.4) is 0 Å². The Hall–Kier alpha value is -3.33. The lowest BCUT2D eigenvalue weighted by Crippen LogP contribution is -2.17. The molecule has 3 aromatic rings. The molecule has 168 valence electrons. The van der Waals surface area contributed by atoms with Crippen LogP contribution in [-0.4, -0.2) is 14.3 Å². The van der Waals surface area contributed by atoms with Crippen LogP contribution < -0.4 is 10.0 Å². The number of nitrogens with one attached hydrogen (secondary N) is 2. The molecule has 3 rings (SSSR count). The molecule has 32 heavy (non-hydrogen) atoms. The number of carbonyl (C=O) groups excluding carboxylic acids is 1. The fourth-order valence-electron chi connectivity index (χ4n) is 3.22. The largest absolute Gasteiger partial charge is 0.416 e. The van der Waals surface area contributed by atoms with E-state index in [1.807, 2.05) is 19.9 Å². The van der Waals surface area contributed by atoms with Crippen LogP contribution in [0.25, 0.3) is 0 Å². The standard InChI is InChI=1S/C23H21F3N2O3S/c1-14-10-15(2)12-20(11-14)28-32(30,31)21-13-17(5-4-16(21)3)22(29)27-19-8-6-18(7-9-19)23(24,25)26/h4-13,28H,1-3H3,(H,27,29). The maximum absolute atomic E-state index is 13.0. The summed E-state index contributed by atoms with van der Waals surface area (Å²) in [4.78, 5) is 12.5. The van der Waals surface area contributed by atoms with Crippen molar-refractivity contribution in [3.8, 4) is 0 Å². The van der Waals surface area contributed by atoms with Gasteiger partial charge in [-0.3, -0.25) is 9.52 Å². The zero-order valence-corrected chi connectivity index (χ0v) is 18.4. The molecule has 9 heteroatoms. The maximum Gasteiger partial charge on any atom is 0.416 e. The normalized spacial score (nSPS) is 11.8. The topological polar surface area (TPSA) is 75.3 Å². The first-order valence-corrected chi connectivity index (χ1v) is 11.0. The lowest BCUT2D eigenvalue weighted by atomic mass is 10.1. The Balaban J connectivity index is 1.85. The molecule has 0 atom stereocenters. The predicted molar refractivity (Wildman–Crippen MR) is 117 cm³/mol. The third kappa shape index (κ3) is 5.47. The van der Waals surface area contributed by atoms with E-state index in [0.29, 0.717) is 11.3 Å². The third-order valence-electron chi connectivity index (χ3n) is 4.68. The van der Waals surface area contributed by atoms with Gasteiger partial charge in [-0.15, -0.1) is 0 Å². The Kier molecular flexibility index (Phi) is 6.32. The van der Waals surface area contributed by atoms with Gasteiger partial charge in [0.25, 0.3) is 15.9 Å². The van der Waals surface area contributed by atoms with Gasteiger partial charge in [0.05, 0.1) is 10.5 Å². The molecule has 0 aliphatic heterocycles. The summed E-state index contributed by atoms with van der Waals surface area (Å²) in [6.45, 7) is 5.30. The van der Waals surface area contributed by atoms with Crippen molar-refractivity contribution in [3.05, 3.63) is 88.5 Å². The number of carbonyl (C=O) groups is 1. The van der Waals surface area contributed by atoms with Crippen molar-refractivity contribution in [1.82, 2.24) is 0 Å². The summed E-state index contributed by atoms with van der Waals surface area (Å²) in [6.07, 6.45) is -4.48. The average Bonchev–Trinajstić information content (AvgIpc) is 2.66. The van der Waals surface area contributed by atoms with Crippen molar-refractivity contribution in [3.63, 3.8) is 0 Å². The van der Waals surface area contributed by atoms with Gasteiger partial charge in [-0.05, 0) is 86.0 Å². The van der Waals surface area contributed by atoms with Crippen LogP contribution in [0.1, 0.15) is 32.6 Å². The van der Waals surface area contributed by atoms with Crippen LogP contribution in [0.15, 0.2) is 65.6 Å². The molecule has 0 saturated heterocycles. The predicted octanol–water partition coefficient (Wildman–Crippen LogP) is 5.68. The molecule has 5 nitrogen and oxygen atoms in total. The van der Waals surface area contributed by atoms with Crippen molar-refractivity contribution in [2.45, 2.75) is 31.8 Å².